The van der Waals surface area contributed by atoms with Crippen LogP contribution < -0.4 is 10.5 Å². The Morgan fingerprint density at radius 1 is 1.31 bits per heavy atom. The predicted octanol–water partition coefficient (Wildman–Crippen LogP) is 3.58. The Labute approximate surface area is 98.8 Å². The van der Waals surface area contributed by atoms with Crippen molar-refractivity contribution in [3.8, 4) is 5.75 Å². The highest BCUT2D eigenvalue weighted by atomic mass is 16.5. The quantitative estimate of drug-likeness (QED) is 0.745. The van der Waals surface area contributed by atoms with Gasteiger partial charge in [0.25, 0.3) is 0 Å². The van der Waals surface area contributed by atoms with E-state index in [4.69, 9.17) is 10.5 Å². The van der Waals surface area contributed by atoms with Crippen molar-refractivity contribution >= 4 is 0 Å². The van der Waals surface area contributed by atoms with Crippen molar-refractivity contribution in [3.63, 3.8) is 0 Å². The summed E-state index contributed by atoms with van der Waals surface area (Å²) >= 11 is 0. The van der Waals surface area contributed by atoms with Gasteiger partial charge in [-0.2, -0.15) is 0 Å². The molecule has 0 aliphatic carbocycles. The van der Waals surface area contributed by atoms with E-state index in [0.717, 1.165) is 17.7 Å². The van der Waals surface area contributed by atoms with Crippen molar-refractivity contribution in [1.29, 1.82) is 0 Å². The van der Waals surface area contributed by atoms with Crippen LogP contribution in [0.5, 0.6) is 5.75 Å². The summed E-state index contributed by atoms with van der Waals surface area (Å²) in [7, 11) is 1.70. The molecule has 0 saturated carbocycles. The second kappa shape index (κ2) is 6.54. The van der Waals surface area contributed by atoms with Gasteiger partial charge in [-0.05, 0) is 30.5 Å². The first-order valence-electron chi connectivity index (χ1n) is 6.09. The fourth-order valence-corrected chi connectivity index (χ4v) is 1.85. The minimum absolute atomic E-state index is 0.140. The number of nitrogens with two attached hydrogens (primary N) is 1. The van der Waals surface area contributed by atoms with Crippen molar-refractivity contribution in [3.05, 3.63) is 29.3 Å². The smallest absolute Gasteiger partial charge is 0.122 e. The lowest BCUT2D eigenvalue weighted by molar-refractivity contribution is 0.410. The Kier molecular flexibility index (Phi) is 5.33. The fourth-order valence-electron chi connectivity index (χ4n) is 1.85. The minimum atomic E-state index is 0.140. The molecule has 90 valence electrons. The maximum absolute atomic E-state index is 6.15. The molecule has 0 amide bonds. The van der Waals surface area contributed by atoms with Crippen LogP contribution in [0.1, 0.15) is 49.8 Å². The maximum atomic E-state index is 6.15. The molecule has 0 fully saturated rings. The highest BCUT2D eigenvalue weighted by Crippen LogP contribution is 2.24. The van der Waals surface area contributed by atoms with Gasteiger partial charge in [0.15, 0.2) is 0 Å². The summed E-state index contributed by atoms with van der Waals surface area (Å²) in [6, 6.07) is 6.38. The Morgan fingerprint density at radius 2 is 2.06 bits per heavy atom. The van der Waals surface area contributed by atoms with Crippen molar-refractivity contribution in [2.45, 2.75) is 45.6 Å². The molecule has 2 heteroatoms. The lowest BCUT2D eigenvalue weighted by atomic mass is 10.00. The molecule has 0 aromatic heterocycles. The molecule has 1 aromatic carbocycles. The molecule has 0 bridgehead atoms. The summed E-state index contributed by atoms with van der Waals surface area (Å²) in [5, 5.41) is 0. The molecule has 1 rings (SSSR count). The summed E-state index contributed by atoms with van der Waals surface area (Å²) in [6.07, 6.45) is 4.76. The summed E-state index contributed by atoms with van der Waals surface area (Å²) in [6.45, 7) is 4.26. The second-order valence-electron chi connectivity index (χ2n) is 4.33. The maximum Gasteiger partial charge on any atom is 0.122 e. The molecule has 1 atom stereocenters. The van der Waals surface area contributed by atoms with Crippen LogP contribution >= 0.6 is 0 Å². The summed E-state index contributed by atoms with van der Waals surface area (Å²) in [5.41, 5.74) is 8.49. The lowest BCUT2D eigenvalue weighted by Crippen LogP contribution is -2.10. The number of rotatable bonds is 6. The minimum Gasteiger partial charge on any atom is -0.496 e. The molecule has 0 aliphatic heterocycles. The average molecular weight is 221 g/mol. The summed E-state index contributed by atoms with van der Waals surface area (Å²) < 4.78 is 5.31. The number of hydrogen-bond donors (Lipinski definition) is 1. The molecule has 2 N–H and O–H groups in total. The zero-order valence-electron chi connectivity index (χ0n) is 10.6. The van der Waals surface area contributed by atoms with Crippen LogP contribution in [0.4, 0.5) is 0 Å². The van der Waals surface area contributed by atoms with E-state index in [1.54, 1.807) is 7.11 Å². The molecule has 0 radical (unpaired) electrons. The number of methoxy groups -OCH3 is 1. The first-order chi connectivity index (χ1) is 7.69. The molecule has 0 aliphatic rings. The van der Waals surface area contributed by atoms with E-state index in [0.29, 0.717) is 0 Å². The monoisotopic (exact) mass is 221 g/mol. The molecule has 0 saturated heterocycles. The van der Waals surface area contributed by atoms with Gasteiger partial charge in [0.1, 0.15) is 5.75 Å². The van der Waals surface area contributed by atoms with E-state index in [1.807, 2.05) is 6.92 Å². The van der Waals surface area contributed by atoms with Gasteiger partial charge in [-0.3, -0.25) is 0 Å². The molecule has 1 aromatic rings. The Bertz CT molecular complexity index is 323. The van der Waals surface area contributed by atoms with Gasteiger partial charge in [-0.25, -0.2) is 0 Å². The molecule has 0 spiro atoms. The first-order valence-corrected chi connectivity index (χ1v) is 6.09. The van der Waals surface area contributed by atoms with E-state index in [2.05, 4.69) is 25.1 Å². The Morgan fingerprint density at radius 3 is 2.69 bits per heavy atom. The van der Waals surface area contributed by atoms with Gasteiger partial charge in [-0.1, -0.05) is 38.3 Å². The van der Waals surface area contributed by atoms with Crippen LogP contribution in [-0.4, -0.2) is 7.11 Å². The van der Waals surface area contributed by atoms with E-state index < -0.39 is 0 Å². The third-order valence-electron chi connectivity index (χ3n) is 2.98. The number of hydrogen-bond acceptors (Lipinski definition) is 2. The third-order valence-corrected chi connectivity index (χ3v) is 2.98. The lowest BCUT2D eigenvalue weighted by Gasteiger charge is -2.14. The van der Waals surface area contributed by atoms with Crippen molar-refractivity contribution in [2.24, 2.45) is 5.73 Å². The zero-order chi connectivity index (χ0) is 12.0. The van der Waals surface area contributed by atoms with Gasteiger partial charge < -0.3 is 10.5 Å². The predicted molar refractivity (Wildman–Crippen MR) is 68.8 cm³/mol. The summed E-state index contributed by atoms with van der Waals surface area (Å²) in [4.78, 5) is 0. The molecule has 16 heavy (non-hydrogen) atoms. The van der Waals surface area contributed by atoms with Crippen molar-refractivity contribution < 1.29 is 4.74 Å². The van der Waals surface area contributed by atoms with Gasteiger partial charge in [0, 0.05) is 6.04 Å². The highest BCUT2D eigenvalue weighted by molar-refractivity contribution is 5.37. The SMILES string of the molecule is CCCCC[C@@H](N)c1ccc(C)c(OC)c1. The second-order valence-corrected chi connectivity index (χ2v) is 4.33. The highest BCUT2D eigenvalue weighted by Gasteiger charge is 2.07. The molecule has 2 nitrogen and oxygen atoms in total. The van der Waals surface area contributed by atoms with Crippen LogP contribution in [0.25, 0.3) is 0 Å². The Hall–Kier alpha value is -1.02. The van der Waals surface area contributed by atoms with Crippen LogP contribution in [0.2, 0.25) is 0 Å². The van der Waals surface area contributed by atoms with E-state index in [-0.39, 0.29) is 6.04 Å². The molecule has 0 heterocycles. The van der Waals surface area contributed by atoms with Crippen molar-refractivity contribution in [1.82, 2.24) is 0 Å². The van der Waals surface area contributed by atoms with Crippen LogP contribution in [0, 0.1) is 6.92 Å². The fraction of sp³-hybridized carbons (Fsp3) is 0.571. The van der Waals surface area contributed by atoms with E-state index >= 15 is 0 Å². The largest absolute Gasteiger partial charge is 0.496 e. The average Bonchev–Trinajstić information content (AvgIpc) is 2.30. The zero-order valence-corrected chi connectivity index (χ0v) is 10.6. The standard InChI is InChI=1S/C14H23NO/c1-4-5-6-7-13(15)12-9-8-11(2)14(10-12)16-3/h8-10,13H,4-7,15H2,1-3H3/t13-/m1/s1. The van der Waals surface area contributed by atoms with E-state index in [1.165, 1.54) is 24.8 Å². The third kappa shape index (κ3) is 3.53. The normalized spacial score (nSPS) is 12.5. The summed E-state index contributed by atoms with van der Waals surface area (Å²) in [5.74, 6) is 0.934. The van der Waals surface area contributed by atoms with Gasteiger partial charge in [0.2, 0.25) is 0 Å². The molecule has 0 unspecified atom stereocenters. The van der Waals surface area contributed by atoms with Gasteiger partial charge in [0.05, 0.1) is 7.11 Å². The van der Waals surface area contributed by atoms with Gasteiger partial charge in [-0.15, -0.1) is 0 Å². The topological polar surface area (TPSA) is 35.2 Å². The van der Waals surface area contributed by atoms with Crippen LogP contribution in [0.15, 0.2) is 18.2 Å². The number of ether oxygens (including phenoxy) is 1. The van der Waals surface area contributed by atoms with Crippen LogP contribution in [0.3, 0.4) is 0 Å². The number of unbranched alkanes of at least 4 members (excludes halogenated alkanes) is 2. The van der Waals surface area contributed by atoms with E-state index in [9.17, 15) is 0 Å². The van der Waals surface area contributed by atoms with Crippen molar-refractivity contribution in [2.75, 3.05) is 7.11 Å². The molecular formula is C14H23NO. The van der Waals surface area contributed by atoms with Gasteiger partial charge >= 0.3 is 0 Å². The Balaban J connectivity index is 2.64. The number of benzene rings is 1. The van der Waals surface area contributed by atoms with Crippen LogP contribution in [-0.2, 0) is 0 Å². The first kappa shape index (κ1) is 13.0. The number of aryl methyl sites for hydroxylation is 1. The molecular weight excluding hydrogens is 198 g/mol.